The Balaban J connectivity index is 2.10. The van der Waals surface area contributed by atoms with Crippen molar-refractivity contribution >= 4 is 23.5 Å². The molecule has 0 atom stereocenters. The Morgan fingerprint density at radius 2 is 1.48 bits per heavy atom. The predicted molar refractivity (Wildman–Crippen MR) is 111 cm³/mol. The van der Waals surface area contributed by atoms with Crippen molar-refractivity contribution in [1.29, 1.82) is 0 Å². The maximum Gasteiger partial charge on any atom is 0.341 e. The van der Waals surface area contributed by atoms with Gasteiger partial charge in [0, 0.05) is 22.4 Å². The van der Waals surface area contributed by atoms with E-state index in [9.17, 15) is 14.4 Å². The van der Waals surface area contributed by atoms with Crippen LogP contribution < -0.4 is 15.4 Å². The Labute approximate surface area is 170 Å². The van der Waals surface area contributed by atoms with Gasteiger partial charge >= 0.3 is 5.97 Å². The van der Waals surface area contributed by atoms with Crippen LogP contribution in [0.3, 0.4) is 0 Å². The summed E-state index contributed by atoms with van der Waals surface area (Å²) in [5.74, 6) is -1.10. The fourth-order valence-corrected chi connectivity index (χ4v) is 2.76. The Bertz CT molecular complexity index is 904. The molecule has 154 valence electrons. The number of amides is 2. The van der Waals surface area contributed by atoms with E-state index in [1.807, 2.05) is 20.8 Å². The van der Waals surface area contributed by atoms with E-state index in [2.05, 4.69) is 10.6 Å². The summed E-state index contributed by atoms with van der Waals surface area (Å²) in [7, 11) is 0. The minimum absolute atomic E-state index is 0.182. The van der Waals surface area contributed by atoms with Crippen LogP contribution in [0, 0.1) is 13.8 Å². The Kier molecular flexibility index (Phi) is 6.64. The summed E-state index contributed by atoms with van der Waals surface area (Å²) in [6.07, 6.45) is 0. The van der Waals surface area contributed by atoms with Crippen molar-refractivity contribution in [2.45, 2.75) is 40.2 Å². The summed E-state index contributed by atoms with van der Waals surface area (Å²) < 4.78 is 5.28. The smallest absolute Gasteiger partial charge is 0.341 e. The molecule has 0 aliphatic rings. The summed E-state index contributed by atoms with van der Waals surface area (Å²) in [6, 6.07) is 9.92. The molecule has 0 heterocycles. The number of rotatable bonds is 6. The Hall–Kier alpha value is -3.35. The molecule has 0 bridgehead atoms. The molecule has 0 saturated heterocycles. The molecule has 0 unspecified atom stereocenters. The average molecular weight is 398 g/mol. The van der Waals surface area contributed by atoms with Gasteiger partial charge in [-0.2, -0.15) is 0 Å². The molecular formula is C22H26N2O5. The molecule has 0 fully saturated rings. The number of carbonyl (C=O) groups excluding carboxylic acids is 2. The van der Waals surface area contributed by atoms with E-state index in [4.69, 9.17) is 9.84 Å². The van der Waals surface area contributed by atoms with Gasteiger partial charge in [0.2, 0.25) is 0 Å². The van der Waals surface area contributed by atoms with Gasteiger partial charge < -0.3 is 20.5 Å². The molecule has 0 aromatic heterocycles. The van der Waals surface area contributed by atoms with Crippen molar-refractivity contribution in [2.75, 3.05) is 11.9 Å². The van der Waals surface area contributed by atoms with Crippen molar-refractivity contribution in [2.24, 2.45) is 0 Å². The second-order valence-corrected chi connectivity index (χ2v) is 7.86. The number of aliphatic carboxylic acids is 1. The number of anilines is 1. The van der Waals surface area contributed by atoms with E-state index in [1.165, 1.54) is 0 Å². The van der Waals surface area contributed by atoms with Gasteiger partial charge in [-0.1, -0.05) is 0 Å². The van der Waals surface area contributed by atoms with E-state index in [-0.39, 0.29) is 17.4 Å². The molecule has 0 radical (unpaired) electrons. The monoisotopic (exact) mass is 398 g/mol. The van der Waals surface area contributed by atoms with Crippen LogP contribution in [0.5, 0.6) is 5.75 Å². The van der Waals surface area contributed by atoms with E-state index in [1.54, 1.807) is 50.2 Å². The van der Waals surface area contributed by atoms with Gasteiger partial charge in [0.25, 0.3) is 11.8 Å². The lowest BCUT2D eigenvalue weighted by molar-refractivity contribution is -0.139. The minimum atomic E-state index is -1.06. The van der Waals surface area contributed by atoms with Gasteiger partial charge in [-0.3, -0.25) is 9.59 Å². The van der Waals surface area contributed by atoms with Crippen molar-refractivity contribution < 1.29 is 24.2 Å². The highest BCUT2D eigenvalue weighted by Crippen LogP contribution is 2.25. The number of ether oxygens (including phenoxy) is 1. The first-order valence-corrected chi connectivity index (χ1v) is 9.16. The molecule has 2 aromatic rings. The summed E-state index contributed by atoms with van der Waals surface area (Å²) in [5.41, 5.74) is 2.50. The third kappa shape index (κ3) is 6.34. The van der Waals surface area contributed by atoms with E-state index >= 15 is 0 Å². The highest BCUT2D eigenvalue weighted by Gasteiger charge is 2.16. The van der Waals surface area contributed by atoms with Crippen LogP contribution in [-0.4, -0.2) is 35.0 Å². The highest BCUT2D eigenvalue weighted by atomic mass is 16.5. The summed E-state index contributed by atoms with van der Waals surface area (Å²) in [4.78, 5) is 35.4. The van der Waals surface area contributed by atoms with Crippen molar-refractivity contribution in [3.63, 3.8) is 0 Å². The average Bonchev–Trinajstić information content (AvgIpc) is 2.59. The van der Waals surface area contributed by atoms with Gasteiger partial charge in [0.15, 0.2) is 6.61 Å². The first kappa shape index (κ1) is 21.9. The maximum atomic E-state index is 12.6. The number of carboxylic acid groups (broad SMARTS) is 1. The minimum Gasteiger partial charge on any atom is -0.481 e. The Morgan fingerprint density at radius 1 is 0.931 bits per heavy atom. The SMILES string of the molecule is Cc1cc(C(=O)Nc2ccc(C(=O)NC(C)(C)C)cc2)cc(C)c1OCC(=O)O. The highest BCUT2D eigenvalue weighted by molar-refractivity contribution is 6.05. The van der Waals surface area contributed by atoms with E-state index < -0.39 is 12.6 Å². The third-order valence-electron chi connectivity index (χ3n) is 3.96. The molecule has 2 rings (SSSR count). The van der Waals surface area contributed by atoms with Crippen LogP contribution in [0.15, 0.2) is 36.4 Å². The lowest BCUT2D eigenvalue weighted by Crippen LogP contribution is -2.40. The summed E-state index contributed by atoms with van der Waals surface area (Å²) in [6.45, 7) is 8.78. The molecule has 0 aliphatic carbocycles. The number of hydrogen-bond acceptors (Lipinski definition) is 4. The van der Waals surface area contributed by atoms with Crippen LogP contribution in [0.25, 0.3) is 0 Å². The van der Waals surface area contributed by atoms with Crippen LogP contribution in [-0.2, 0) is 4.79 Å². The van der Waals surface area contributed by atoms with Crippen molar-refractivity contribution in [1.82, 2.24) is 5.32 Å². The van der Waals surface area contributed by atoms with Crippen molar-refractivity contribution in [3.05, 3.63) is 58.7 Å². The van der Waals surface area contributed by atoms with Crippen LogP contribution in [0.4, 0.5) is 5.69 Å². The predicted octanol–water partition coefficient (Wildman–Crippen LogP) is 3.55. The van der Waals surface area contributed by atoms with Crippen molar-refractivity contribution in [3.8, 4) is 5.75 Å². The fourth-order valence-electron chi connectivity index (χ4n) is 2.76. The van der Waals surface area contributed by atoms with Gasteiger partial charge in [0.05, 0.1) is 0 Å². The van der Waals surface area contributed by atoms with Crippen LogP contribution in [0.1, 0.15) is 52.6 Å². The van der Waals surface area contributed by atoms with Gasteiger partial charge in [-0.25, -0.2) is 4.79 Å². The Morgan fingerprint density at radius 3 is 1.97 bits per heavy atom. The van der Waals surface area contributed by atoms with E-state index in [0.717, 1.165) is 0 Å². The zero-order valence-corrected chi connectivity index (χ0v) is 17.3. The van der Waals surface area contributed by atoms with Crippen LogP contribution in [0.2, 0.25) is 0 Å². The molecule has 2 aromatic carbocycles. The zero-order chi connectivity index (χ0) is 21.8. The molecule has 7 heteroatoms. The standard InChI is InChI=1S/C22H26N2O5/c1-13-10-16(11-14(2)19(13)29-12-18(25)26)20(27)23-17-8-6-15(7-9-17)21(28)24-22(3,4)5/h6-11H,12H2,1-5H3,(H,23,27)(H,24,28)(H,25,26). The van der Waals surface area contributed by atoms with Gasteiger partial charge in [0.1, 0.15) is 5.75 Å². The molecule has 0 aliphatic heterocycles. The topological polar surface area (TPSA) is 105 Å². The van der Waals surface area contributed by atoms with Crippen LogP contribution >= 0.6 is 0 Å². The van der Waals surface area contributed by atoms with E-state index in [0.29, 0.717) is 33.7 Å². The second-order valence-electron chi connectivity index (χ2n) is 7.86. The quantitative estimate of drug-likeness (QED) is 0.690. The molecule has 2 amide bonds. The third-order valence-corrected chi connectivity index (χ3v) is 3.96. The first-order valence-electron chi connectivity index (χ1n) is 9.16. The molecule has 0 spiro atoms. The summed E-state index contributed by atoms with van der Waals surface area (Å²) in [5, 5.41) is 14.4. The lowest BCUT2D eigenvalue weighted by atomic mass is 10.0. The molecule has 0 saturated carbocycles. The zero-order valence-electron chi connectivity index (χ0n) is 17.3. The molecular weight excluding hydrogens is 372 g/mol. The first-order chi connectivity index (χ1) is 13.5. The molecule has 3 N–H and O–H groups in total. The largest absolute Gasteiger partial charge is 0.481 e. The molecule has 7 nitrogen and oxygen atoms in total. The number of hydrogen-bond donors (Lipinski definition) is 3. The number of nitrogens with one attached hydrogen (secondary N) is 2. The number of carboxylic acids is 1. The lowest BCUT2D eigenvalue weighted by Gasteiger charge is -2.20. The second kappa shape index (κ2) is 8.77. The fraction of sp³-hybridized carbons (Fsp3) is 0.318. The number of aryl methyl sites for hydroxylation is 2. The van der Waals surface area contributed by atoms with Gasteiger partial charge in [-0.15, -0.1) is 0 Å². The maximum absolute atomic E-state index is 12.6. The summed E-state index contributed by atoms with van der Waals surface area (Å²) >= 11 is 0. The number of carbonyl (C=O) groups is 3. The number of benzene rings is 2. The molecule has 29 heavy (non-hydrogen) atoms. The normalized spacial score (nSPS) is 10.9. The van der Waals surface area contributed by atoms with Gasteiger partial charge in [-0.05, 0) is 82.1 Å².